The number of aromatic nitrogens is 2. The van der Waals surface area contributed by atoms with E-state index in [-0.39, 0.29) is 5.91 Å². The summed E-state index contributed by atoms with van der Waals surface area (Å²) in [5.74, 6) is 0.870. The summed E-state index contributed by atoms with van der Waals surface area (Å²) in [6.07, 6.45) is 2.41. The van der Waals surface area contributed by atoms with E-state index in [0.29, 0.717) is 13.1 Å². The summed E-state index contributed by atoms with van der Waals surface area (Å²) in [6.45, 7) is 8.93. The first-order valence-corrected chi connectivity index (χ1v) is 8.87. The van der Waals surface area contributed by atoms with Crippen LogP contribution in [0.1, 0.15) is 24.2 Å². The summed E-state index contributed by atoms with van der Waals surface area (Å²) >= 11 is 0. The summed E-state index contributed by atoms with van der Waals surface area (Å²) in [7, 11) is 2.12. The molecule has 7 nitrogen and oxygen atoms in total. The summed E-state index contributed by atoms with van der Waals surface area (Å²) in [4.78, 5) is 28.0. The highest BCUT2D eigenvalue weighted by Gasteiger charge is 2.18. The van der Waals surface area contributed by atoms with Crippen LogP contribution in [-0.2, 0) is 11.3 Å². The summed E-state index contributed by atoms with van der Waals surface area (Å²) < 4.78 is 0. The number of aryl methyl sites for hydroxylation is 1. The first kappa shape index (κ1) is 17.1. The maximum absolute atomic E-state index is 12.2. The summed E-state index contributed by atoms with van der Waals surface area (Å²) in [6, 6.07) is 1.95. The Hall–Kier alpha value is -1.73. The minimum Gasteiger partial charge on any atom is -0.349 e. The van der Waals surface area contributed by atoms with Crippen molar-refractivity contribution in [2.45, 2.75) is 26.3 Å². The molecular formula is C17H28N6O. The van der Waals surface area contributed by atoms with Crippen molar-refractivity contribution in [1.82, 2.24) is 25.1 Å². The Labute approximate surface area is 144 Å². The first-order chi connectivity index (χ1) is 11.6. The summed E-state index contributed by atoms with van der Waals surface area (Å²) in [5.41, 5.74) is 1.84. The van der Waals surface area contributed by atoms with Crippen LogP contribution in [0.15, 0.2) is 6.07 Å². The average Bonchev–Trinajstić information content (AvgIpc) is 3.09. The third kappa shape index (κ3) is 4.64. The normalized spacial score (nSPS) is 19.7. The predicted molar refractivity (Wildman–Crippen MR) is 94.0 cm³/mol. The van der Waals surface area contributed by atoms with E-state index in [2.05, 4.69) is 37.0 Å². The third-order valence-electron chi connectivity index (χ3n) is 4.71. The molecule has 0 unspecified atom stereocenters. The van der Waals surface area contributed by atoms with Crippen LogP contribution in [0, 0.1) is 6.92 Å². The van der Waals surface area contributed by atoms with Gasteiger partial charge in [-0.3, -0.25) is 9.69 Å². The molecule has 0 spiro atoms. The molecule has 0 atom stereocenters. The number of carbonyl (C=O) groups is 1. The number of anilines is 1. The van der Waals surface area contributed by atoms with Gasteiger partial charge in [-0.1, -0.05) is 0 Å². The molecule has 3 rings (SSSR count). The van der Waals surface area contributed by atoms with Gasteiger partial charge in [0, 0.05) is 45.0 Å². The monoisotopic (exact) mass is 332 g/mol. The van der Waals surface area contributed by atoms with Gasteiger partial charge in [-0.25, -0.2) is 9.97 Å². The zero-order valence-corrected chi connectivity index (χ0v) is 14.8. The van der Waals surface area contributed by atoms with Crippen molar-refractivity contribution < 1.29 is 4.79 Å². The zero-order chi connectivity index (χ0) is 16.9. The largest absolute Gasteiger partial charge is 0.349 e. The topological polar surface area (TPSA) is 64.6 Å². The lowest BCUT2D eigenvalue weighted by Gasteiger charge is -2.31. The molecule has 2 aliphatic heterocycles. The lowest BCUT2D eigenvalue weighted by Crippen LogP contribution is -2.48. The fraction of sp³-hybridized carbons (Fsp3) is 0.706. The van der Waals surface area contributed by atoms with Crippen molar-refractivity contribution in [1.29, 1.82) is 0 Å². The van der Waals surface area contributed by atoms with Crippen molar-refractivity contribution in [3.8, 4) is 0 Å². The molecule has 0 radical (unpaired) electrons. The number of hydrogen-bond donors (Lipinski definition) is 1. The van der Waals surface area contributed by atoms with Crippen LogP contribution in [0.5, 0.6) is 0 Å². The molecular weight excluding hydrogens is 304 g/mol. The highest BCUT2D eigenvalue weighted by molar-refractivity contribution is 5.78. The highest BCUT2D eigenvalue weighted by Crippen LogP contribution is 2.16. The number of rotatable bonds is 5. The van der Waals surface area contributed by atoms with E-state index in [9.17, 15) is 4.79 Å². The molecule has 132 valence electrons. The minimum absolute atomic E-state index is 0.0681. The molecule has 0 aliphatic carbocycles. The molecule has 0 saturated carbocycles. The first-order valence-electron chi connectivity index (χ1n) is 8.87. The van der Waals surface area contributed by atoms with Crippen molar-refractivity contribution in [2.75, 3.05) is 57.8 Å². The second kappa shape index (κ2) is 7.90. The van der Waals surface area contributed by atoms with Crippen LogP contribution in [0.2, 0.25) is 0 Å². The fourth-order valence-electron chi connectivity index (χ4n) is 3.22. The van der Waals surface area contributed by atoms with Crippen molar-refractivity contribution >= 4 is 11.9 Å². The van der Waals surface area contributed by atoms with Gasteiger partial charge in [0.25, 0.3) is 0 Å². The van der Waals surface area contributed by atoms with Crippen molar-refractivity contribution in [3.05, 3.63) is 17.5 Å². The molecule has 2 saturated heterocycles. The Kier molecular flexibility index (Phi) is 5.63. The van der Waals surface area contributed by atoms with Gasteiger partial charge in [0.2, 0.25) is 11.9 Å². The van der Waals surface area contributed by atoms with E-state index < -0.39 is 0 Å². The van der Waals surface area contributed by atoms with Crippen molar-refractivity contribution in [3.63, 3.8) is 0 Å². The van der Waals surface area contributed by atoms with Gasteiger partial charge in [0.1, 0.15) is 0 Å². The number of likely N-dealkylation sites (N-methyl/N-ethyl adjacent to an activating group) is 1. The number of carbonyl (C=O) groups excluding carboxylic acids is 1. The Morgan fingerprint density at radius 3 is 2.54 bits per heavy atom. The molecule has 2 fully saturated rings. The number of amides is 1. The Morgan fingerprint density at radius 2 is 1.83 bits per heavy atom. The minimum atomic E-state index is 0.0681. The van der Waals surface area contributed by atoms with Gasteiger partial charge in [-0.05, 0) is 32.9 Å². The molecule has 7 heteroatoms. The van der Waals surface area contributed by atoms with Crippen LogP contribution >= 0.6 is 0 Å². The van der Waals surface area contributed by atoms with Crippen molar-refractivity contribution in [2.24, 2.45) is 0 Å². The van der Waals surface area contributed by atoms with E-state index in [1.807, 2.05) is 13.0 Å². The molecule has 3 heterocycles. The van der Waals surface area contributed by atoms with Gasteiger partial charge in [0.05, 0.1) is 18.8 Å². The highest BCUT2D eigenvalue weighted by atomic mass is 16.2. The Bertz CT molecular complexity index is 564. The standard InChI is InChI=1S/C17H28N6O/c1-14-11-15(20-17(19-14)23-5-3-4-6-23)12-18-16(24)13-22-9-7-21(2)8-10-22/h11H,3-10,12-13H2,1-2H3,(H,18,24). The number of piperazine rings is 1. The van der Waals surface area contributed by atoms with Crippen LogP contribution in [0.3, 0.4) is 0 Å². The number of nitrogens with one attached hydrogen (secondary N) is 1. The molecule has 24 heavy (non-hydrogen) atoms. The van der Waals surface area contributed by atoms with Gasteiger partial charge in [-0.2, -0.15) is 0 Å². The second-order valence-electron chi connectivity index (χ2n) is 6.85. The zero-order valence-electron chi connectivity index (χ0n) is 14.8. The quantitative estimate of drug-likeness (QED) is 0.834. The van der Waals surface area contributed by atoms with Gasteiger partial charge in [-0.15, -0.1) is 0 Å². The molecule has 1 aromatic heterocycles. The number of hydrogen-bond acceptors (Lipinski definition) is 6. The van der Waals surface area contributed by atoms with E-state index in [1.54, 1.807) is 0 Å². The fourth-order valence-corrected chi connectivity index (χ4v) is 3.22. The third-order valence-corrected chi connectivity index (χ3v) is 4.71. The maximum atomic E-state index is 12.2. The average molecular weight is 332 g/mol. The molecule has 0 aromatic carbocycles. The summed E-state index contributed by atoms with van der Waals surface area (Å²) in [5, 5.41) is 3.00. The molecule has 1 N–H and O–H groups in total. The maximum Gasteiger partial charge on any atom is 0.234 e. The SMILES string of the molecule is Cc1cc(CNC(=O)CN2CCN(C)CC2)nc(N2CCCC2)n1. The molecule has 1 aromatic rings. The van der Waals surface area contributed by atoms with Gasteiger partial charge >= 0.3 is 0 Å². The predicted octanol–water partition coefficient (Wildman–Crippen LogP) is 0.249. The van der Waals surface area contributed by atoms with Crippen LogP contribution in [0.4, 0.5) is 5.95 Å². The lowest BCUT2D eigenvalue weighted by molar-refractivity contribution is -0.122. The van der Waals surface area contributed by atoms with Crippen LogP contribution in [-0.4, -0.2) is 78.5 Å². The van der Waals surface area contributed by atoms with Gasteiger partial charge < -0.3 is 15.1 Å². The van der Waals surface area contributed by atoms with E-state index in [1.165, 1.54) is 12.8 Å². The lowest BCUT2D eigenvalue weighted by atomic mass is 10.3. The van der Waals surface area contributed by atoms with Gasteiger partial charge in [0.15, 0.2) is 0 Å². The van der Waals surface area contributed by atoms with Crippen LogP contribution < -0.4 is 10.2 Å². The molecule has 1 amide bonds. The Morgan fingerprint density at radius 1 is 1.12 bits per heavy atom. The molecule has 0 bridgehead atoms. The second-order valence-corrected chi connectivity index (χ2v) is 6.85. The molecule has 2 aliphatic rings. The van der Waals surface area contributed by atoms with E-state index >= 15 is 0 Å². The number of nitrogens with zero attached hydrogens (tertiary/aromatic N) is 5. The smallest absolute Gasteiger partial charge is 0.234 e. The van der Waals surface area contributed by atoms with E-state index in [4.69, 9.17) is 0 Å². The Balaban J connectivity index is 1.51. The van der Waals surface area contributed by atoms with Crippen LogP contribution in [0.25, 0.3) is 0 Å². The van der Waals surface area contributed by atoms with E-state index in [0.717, 1.165) is 56.6 Å².